The molecule has 3 heterocycles. The Hall–Kier alpha value is -2.18. The Bertz CT molecular complexity index is 730. The molecule has 2 atom stereocenters. The Morgan fingerprint density at radius 3 is 3.00 bits per heavy atom. The van der Waals surface area contributed by atoms with Crippen molar-refractivity contribution in [1.29, 1.82) is 0 Å². The average molecular weight is 327 g/mol. The number of carboxylic acid groups (broad SMARTS) is 1. The molecule has 6 nitrogen and oxygen atoms in total. The lowest BCUT2D eigenvalue weighted by atomic mass is 9.74. The number of hydrogen-bond acceptors (Lipinski definition) is 4. The molecule has 0 aliphatic carbocycles. The number of rotatable bonds is 4. The Kier molecular flexibility index (Phi) is 3.86. The number of hydrogen-bond donors (Lipinski definition) is 2. The highest BCUT2D eigenvalue weighted by molar-refractivity contribution is 5.76. The van der Waals surface area contributed by atoms with Crippen molar-refractivity contribution >= 4 is 5.97 Å². The molecule has 2 saturated heterocycles. The van der Waals surface area contributed by atoms with Gasteiger partial charge in [0.25, 0.3) is 0 Å². The fourth-order valence-electron chi connectivity index (χ4n) is 4.05. The van der Waals surface area contributed by atoms with Gasteiger partial charge in [-0.15, -0.1) is 0 Å². The lowest BCUT2D eigenvalue weighted by Crippen LogP contribution is -2.44. The summed E-state index contributed by atoms with van der Waals surface area (Å²) in [4.78, 5) is 14.1. The van der Waals surface area contributed by atoms with E-state index in [2.05, 4.69) is 15.1 Å². The fraction of sp³-hybridized carbons (Fsp3) is 0.444. The van der Waals surface area contributed by atoms with Crippen LogP contribution in [0.4, 0.5) is 0 Å². The summed E-state index contributed by atoms with van der Waals surface area (Å²) in [5, 5.41) is 17.0. The van der Waals surface area contributed by atoms with Gasteiger partial charge in [0.2, 0.25) is 0 Å². The minimum atomic E-state index is -0.686. The molecule has 0 spiro atoms. The maximum atomic E-state index is 11.9. The number of aliphatic carboxylic acids is 1. The number of aromatic amines is 1. The second-order valence-electron chi connectivity index (χ2n) is 6.79. The summed E-state index contributed by atoms with van der Waals surface area (Å²) in [6.07, 6.45) is 2.44. The van der Waals surface area contributed by atoms with Crippen molar-refractivity contribution in [3.05, 3.63) is 42.1 Å². The fourth-order valence-corrected chi connectivity index (χ4v) is 4.05. The summed E-state index contributed by atoms with van der Waals surface area (Å²) in [6, 6.07) is 10.1. The molecule has 0 unspecified atom stereocenters. The van der Waals surface area contributed by atoms with Crippen LogP contribution in [0, 0.1) is 11.3 Å². The summed E-state index contributed by atoms with van der Waals surface area (Å²) in [7, 11) is 0. The molecule has 2 aliphatic heterocycles. The van der Waals surface area contributed by atoms with E-state index in [4.69, 9.17) is 4.74 Å². The third kappa shape index (κ3) is 2.52. The summed E-state index contributed by atoms with van der Waals surface area (Å²) in [6.45, 7) is 3.12. The van der Waals surface area contributed by atoms with Crippen LogP contribution in [-0.4, -0.2) is 52.5 Å². The standard InChI is InChI=1S/C18H21N3O3/c22-17(23)18-6-7-24-11-15(18)10-21(12-18)9-14-8-19-20-16(14)13-4-2-1-3-5-13/h1-5,8,15H,6-7,9-12H2,(H,19,20)(H,22,23)/t15-,18+/m1/s1. The van der Waals surface area contributed by atoms with Crippen LogP contribution in [0.25, 0.3) is 11.3 Å². The molecule has 2 fully saturated rings. The van der Waals surface area contributed by atoms with Crippen LogP contribution in [0.2, 0.25) is 0 Å². The summed E-state index contributed by atoms with van der Waals surface area (Å²) >= 11 is 0. The van der Waals surface area contributed by atoms with Gasteiger partial charge in [0.05, 0.1) is 23.9 Å². The molecule has 6 heteroatoms. The van der Waals surface area contributed by atoms with E-state index in [9.17, 15) is 9.90 Å². The van der Waals surface area contributed by atoms with E-state index in [-0.39, 0.29) is 5.92 Å². The normalized spacial score (nSPS) is 27.1. The SMILES string of the molecule is O=C(O)[C@]12CCOC[C@H]1CN(Cc1cn[nH]c1-c1ccccc1)C2. The minimum Gasteiger partial charge on any atom is -0.481 e. The molecule has 0 bridgehead atoms. The number of nitrogens with zero attached hydrogens (tertiary/aromatic N) is 2. The van der Waals surface area contributed by atoms with Gasteiger partial charge in [-0.1, -0.05) is 30.3 Å². The summed E-state index contributed by atoms with van der Waals surface area (Å²) in [5.74, 6) is -0.621. The Morgan fingerprint density at radius 1 is 1.42 bits per heavy atom. The predicted molar refractivity (Wildman–Crippen MR) is 88.3 cm³/mol. The van der Waals surface area contributed by atoms with E-state index in [0.29, 0.717) is 32.7 Å². The molecule has 0 amide bonds. The second-order valence-corrected chi connectivity index (χ2v) is 6.79. The molecule has 0 radical (unpaired) electrons. The first-order valence-electron chi connectivity index (χ1n) is 8.30. The third-order valence-electron chi connectivity index (χ3n) is 5.38. The first-order chi connectivity index (χ1) is 11.7. The van der Waals surface area contributed by atoms with Gasteiger partial charge >= 0.3 is 5.97 Å². The molecule has 2 N–H and O–H groups in total. The number of carbonyl (C=O) groups is 1. The number of fused-ring (bicyclic) bond motifs is 1. The van der Waals surface area contributed by atoms with E-state index >= 15 is 0 Å². The lowest BCUT2D eigenvalue weighted by Gasteiger charge is -2.34. The zero-order valence-electron chi connectivity index (χ0n) is 13.4. The van der Waals surface area contributed by atoms with E-state index in [0.717, 1.165) is 23.4 Å². The van der Waals surface area contributed by atoms with Crippen molar-refractivity contribution in [1.82, 2.24) is 15.1 Å². The van der Waals surface area contributed by atoms with Gasteiger partial charge in [-0.3, -0.25) is 14.8 Å². The number of aromatic nitrogens is 2. The maximum Gasteiger partial charge on any atom is 0.311 e. The van der Waals surface area contributed by atoms with Crippen LogP contribution in [0.3, 0.4) is 0 Å². The Morgan fingerprint density at radius 2 is 2.25 bits per heavy atom. The molecule has 2 aliphatic rings. The summed E-state index contributed by atoms with van der Waals surface area (Å²) < 4.78 is 5.53. The lowest BCUT2D eigenvalue weighted by molar-refractivity contribution is -0.157. The average Bonchev–Trinajstić information content (AvgIpc) is 3.20. The topological polar surface area (TPSA) is 78.5 Å². The number of ether oxygens (including phenoxy) is 1. The second kappa shape index (κ2) is 6.03. The van der Waals surface area contributed by atoms with Crippen LogP contribution in [0.1, 0.15) is 12.0 Å². The Labute approximate surface area is 140 Å². The molecule has 4 rings (SSSR count). The molecule has 1 aromatic heterocycles. The molecule has 2 aromatic rings. The minimum absolute atomic E-state index is 0.0656. The van der Waals surface area contributed by atoms with Crippen molar-refractivity contribution in [2.75, 3.05) is 26.3 Å². The molecule has 1 aromatic carbocycles. The van der Waals surface area contributed by atoms with Crippen molar-refractivity contribution in [3.8, 4) is 11.3 Å². The smallest absolute Gasteiger partial charge is 0.311 e. The van der Waals surface area contributed by atoms with Gasteiger partial charge in [0.1, 0.15) is 0 Å². The van der Waals surface area contributed by atoms with Crippen LogP contribution in [0.15, 0.2) is 36.5 Å². The highest BCUT2D eigenvalue weighted by Gasteiger charge is 2.53. The van der Waals surface area contributed by atoms with Gasteiger partial charge < -0.3 is 9.84 Å². The van der Waals surface area contributed by atoms with Gasteiger partial charge in [0, 0.05) is 37.7 Å². The number of carboxylic acids is 1. The number of likely N-dealkylation sites (tertiary alicyclic amines) is 1. The quantitative estimate of drug-likeness (QED) is 0.898. The maximum absolute atomic E-state index is 11.9. The van der Waals surface area contributed by atoms with Crippen LogP contribution in [-0.2, 0) is 16.1 Å². The first-order valence-corrected chi connectivity index (χ1v) is 8.30. The number of nitrogens with one attached hydrogen (secondary N) is 1. The van der Waals surface area contributed by atoms with Crippen molar-refractivity contribution in [2.24, 2.45) is 11.3 Å². The van der Waals surface area contributed by atoms with Gasteiger partial charge in [-0.25, -0.2) is 0 Å². The summed E-state index contributed by atoms with van der Waals surface area (Å²) in [5.41, 5.74) is 2.54. The molecule has 126 valence electrons. The third-order valence-corrected chi connectivity index (χ3v) is 5.38. The zero-order valence-corrected chi connectivity index (χ0v) is 13.4. The van der Waals surface area contributed by atoms with Crippen molar-refractivity contribution in [3.63, 3.8) is 0 Å². The van der Waals surface area contributed by atoms with E-state index in [1.807, 2.05) is 36.5 Å². The monoisotopic (exact) mass is 327 g/mol. The van der Waals surface area contributed by atoms with Crippen LogP contribution >= 0.6 is 0 Å². The zero-order chi connectivity index (χ0) is 16.6. The molecule has 0 saturated carbocycles. The number of H-pyrrole nitrogens is 1. The first kappa shape index (κ1) is 15.4. The van der Waals surface area contributed by atoms with E-state index in [1.54, 1.807) is 0 Å². The molecular formula is C18H21N3O3. The van der Waals surface area contributed by atoms with Gasteiger partial charge in [-0.2, -0.15) is 5.10 Å². The van der Waals surface area contributed by atoms with E-state index < -0.39 is 11.4 Å². The van der Waals surface area contributed by atoms with Gasteiger partial charge in [-0.05, 0) is 12.0 Å². The number of benzene rings is 1. The highest BCUT2D eigenvalue weighted by atomic mass is 16.5. The molecular weight excluding hydrogens is 306 g/mol. The van der Waals surface area contributed by atoms with Gasteiger partial charge in [0.15, 0.2) is 0 Å². The van der Waals surface area contributed by atoms with Crippen LogP contribution < -0.4 is 0 Å². The van der Waals surface area contributed by atoms with Crippen molar-refractivity contribution < 1.29 is 14.6 Å². The molecule has 24 heavy (non-hydrogen) atoms. The van der Waals surface area contributed by atoms with E-state index in [1.165, 1.54) is 0 Å². The van der Waals surface area contributed by atoms with Crippen LogP contribution in [0.5, 0.6) is 0 Å². The van der Waals surface area contributed by atoms with Crippen molar-refractivity contribution in [2.45, 2.75) is 13.0 Å². The predicted octanol–water partition coefficient (Wildman–Crippen LogP) is 2.00. The largest absolute Gasteiger partial charge is 0.481 e. The Balaban J connectivity index is 1.55. The highest BCUT2D eigenvalue weighted by Crippen LogP contribution is 2.43.